The molecule has 2 aliphatic carbocycles. The van der Waals surface area contributed by atoms with Crippen LogP contribution in [0, 0.1) is 17.3 Å². The van der Waals surface area contributed by atoms with Crippen LogP contribution in [0.5, 0.6) is 11.5 Å². The number of pyridine rings is 1. The predicted octanol–water partition coefficient (Wildman–Crippen LogP) is 6.59. The standard InChI is InChI=1S/C45H62ClN7O9S/c1-8-11-45(7,41(56)57)51-39(54)33-21-29(23-53(33)40(55)38(44(4,5)6)50-43(58)62-28-19-26-18-27(26)20-28)61-35-22-31(32-24-63-42(49-32)47-25(2)3)48-37-30(35)9-10-34(36(37)46)60-17-14-52-12-15-59-16-13-52/h9-10,22,24-29,33,38H,8,11-21,23H2,1-7H3,(H,47,49)(H,50,58)(H,51,54)(H,56,57)/t26-,27+,28?,29-,33+,38-,45-/m1/s1. The van der Waals surface area contributed by atoms with Gasteiger partial charge in [-0.15, -0.1) is 11.3 Å². The molecule has 2 aliphatic heterocycles. The van der Waals surface area contributed by atoms with Crippen LogP contribution in [-0.2, 0) is 23.9 Å². The summed E-state index contributed by atoms with van der Waals surface area (Å²) in [6, 6.07) is 3.33. The van der Waals surface area contributed by atoms with E-state index >= 15 is 0 Å². The first-order valence-electron chi connectivity index (χ1n) is 22.2. The van der Waals surface area contributed by atoms with Crippen LogP contribution in [0.4, 0.5) is 9.93 Å². The second-order valence-corrected chi connectivity index (χ2v) is 20.2. The van der Waals surface area contributed by atoms with Crippen molar-refractivity contribution in [3.05, 3.63) is 28.6 Å². The Hall–Kier alpha value is -4.45. The zero-order chi connectivity index (χ0) is 45.2. The van der Waals surface area contributed by atoms with Crippen molar-refractivity contribution in [2.24, 2.45) is 17.3 Å². The number of hydrogen-bond donors (Lipinski definition) is 4. The molecule has 0 radical (unpaired) electrons. The molecule has 7 atom stereocenters. The third kappa shape index (κ3) is 11.1. The Balaban J connectivity index is 1.19. The first-order valence-corrected chi connectivity index (χ1v) is 23.5. The number of nitrogens with one attached hydrogen (secondary N) is 3. The third-order valence-corrected chi connectivity index (χ3v) is 13.5. The minimum atomic E-state index is -1.58. The monoisotopic (exact) mass is 911 g/mol. The van der Waals surface area contributed by atoms with Gasteiger partial charge in [0, 0.05) is 48.9 Å². The van der Waals surface area contributed by atoms with E-state index in [1.807, 2.05) is 53.0 Å². The number of carboxylic acids is 1. The second-order valence-electron chi connectivity index (χ2n) is 19.0. The topological polar surface area (TPSA) is 194 Å². The average Bonchev–Trinajstić information content (AvgIpc) is 3.53. The highest BCUT2D eigenvalue weighted by Crippen LogP contribution is 2.52. The Morgan fingerprint density at radius 3 is 2.40 bits per heavy atom. The Labute approximate surface area is 378 Å². The maximum absolute atomic E-state index is 14.8. The summed E-state index contributed by atoms with van der Waals surface area (Å²) in [5, 5.41) is 22.6. The number of nitrogens with zero attached hydrogens (tertiary/aromatic N) is 4. The number of aromatic nitrogens is 2. The lowest BCUT2D eigenvalue weighted by Gasteiger charge is -2.36. The summed E-state index contributed by atoms with van der Waals surface area (Å²) in [7, 11) is 0. The summed E-state index contributed by atoms with van der Waals surface area (Å²) in [6.07, 6.45) is 1.87. The fourth-order valence-electron chi connectivity index (χ4n) is 8.87. The Morgan fingerprint density at radius 2 is 1.73 bits per heavy atom. The molecule has 4 heterocycles. The number of morpholine rings is 1. The van der Waals surface area contributed by atoms with Gasteiger partial charge >= 0.3 is 12.1 Å². The number of thiazole rings is 1. The number of benzene rings is 1. The average molecular weight is 913 g/mol. The van der Waals surface area contributed by atoms with Crippen molar-refractivity contribution in [1.29, 1.82) is 0 Å². The number of carbonyl (C=O) groups excluding carboxylic acids is 3. The quantitative estimate of drug-likeness (QED) is 0.113. The lowest BCUT2D eigenvalue weighted by Crippen LogP contribution is -2.60. The van der Waals surface area contributed by atoms with E-state index in [0.717, 1.165) is 31.1 Å². The van der Waals surface area contributed by atoms with Crippen LogP contribution in [0.3, 0.4) is 0 Å². The molecule has 4 aliphatic rings. The van der Waals surface area contributed by atoms with Crippen LogP contribution in [0.15, 0.2) is 23.6 Å². The van der Waals surface area contributed by atoms with Crippen molar-refractivity contribution in [3.8, 4) is 22.9 Å². The molecule has 3 aromatic rings. The van der Waals surface area contributed by atoms with Crippen LogP contribution in [0.25, 0.3) is 22.3 Å². The Bertz CT molecular complexity index is 2150. The number of anilines is 1. The zero-order valence-corrected chi connectivity index (χ0v) is 38.9. The first-order chi connectivity index (χ1) is 29.9. The van der Waals surface area contributed by atoms with Crippen molar-refractivity contribution in [3.63, 3.8) is 0 Å². The molecule has 2 aromatic heterocycles. The van der Waals surface area contributed by atoms with Crippen molar-refractivity contribution in [2.75, 3.05) is 51.3 Å². The fraction of sp³-hybridized carbons (Fsp3) is 0.644. The van der Waals surface area contributed by atoms with E-state index in [0.29, 0.717) is 83.4 Å². The number of likely N-dealkylation sites (tertiary alicyclic amines) is 1. The number of hydrogen-bond acceptors (Lipinski definition) is 13. The van der Waals surface area contributed by atoms with Gasteiger partial charge in [0.25, 0.3) is 0 Å². The van der Waals surface area contributed by atoms with E-state index in [-0.39, 0.29) is 31.5 Å². The van der Waals surface area contributed by atoms with E-state index in [1.165, 1.54) is 29.6 Å². The van der Waals surface area contributed by atoms with Gasteiger partial charge in [-0.25, -0.2) is 19.6 Å². The van der Waals surface area contributed by atoms with E-state index in [4.69, 9.17) is 40.5 Å². The van der Waals surface area contributed by atoms with E-state index in [9.17, 15) is 24.3 Å². The maximum Gasteiger partial charge on any atom is 0.408 e. The van der Waals surface area contributed by atoms with Gasteiger partial charge in [0.05, 0.1) is 31.0 Å². The highest BCUT2D eigenvalue weighted by molar-refractivity contribution is 7.14. The van der Waals surface area contributed by atoms with Gasteiger partial charge in [-0.1, -0.05) is 45.7 Å². The van der Waals surface area contributed by atoms with E-state index in [1.54, 1.807) is 12.1 Å². The molecule has 4 fully saturated rings. The molecule has 0 bridgehead atoms. The summed E-state index contributed by atoms with van der Waals surface area (Å²) < 4.78 is 24.3. The first kappa shape index (κ1) is 46.5. The number of fused-ring (bicyclic) bond motifs is 2. The fourth-order valence-corrected chi connectivity index (χ4v) is 9.98. The normalized spacial score (nSPS) is 23.8. The molecule has 1 aromatic carbocycles. The Kier molecular flexibility index (Phi) is 14.3. The van der Waals surface area contributed by atoms with Gasteiger partial charge in [0.1, 0.15) is 58.7 Å². The number of ether oxygens (including phenoxy) is 4. The van der Waals surface area contributed by atoms with Crippen LogP contribution in [0.1, 0.15) is 87.0 Å². The number of halogens is 1. The van der Waals surface area contributed by atoms with Gasteiger partial charge in [-0.3, -0.25) is 14.5 Å². The zero-order valence-electron chi connectivity index (χ0n) is 37.3. The largest absolute Gasteiger partial charge is 0.491 e. The number of carbonyl (C=O) groups is 4. The number of rotatable bonds is 17. The van der Waals surface area contributed by atoms with Crippen LogP contribution in [0.2, 0.25) is 5.02 Å². The smallest absolute Gasteiger partial charge is 0.408 e. The molecule has 63 heavy (non-hydrogen) atoms. The SMILES string of the molecule is CCC[C@@](C)(NC(=O)[C@@H]1C[C@@H](Oc2cc(-c3csc(NC(C)C)n3)nc3c(Cl)c(OCCN4CCOCC4)ccc23)CN1C(=O)[C@@H](NC(=O)OC1C[C@@H]2C[C@@H]2C1)C(C)(C)C)C(=O)O. The van der Waals surface area contributed by atoms with Crippen molar-refractivity contribution >= 4 is 62.8 Å². The van der Waals surface area contributed by atoms with Crippen molar-refractivity contribution in [2.45, 2.75) is 123 Å². The third-order valence-electron chi connectivity index (χ3n) is 12.4. The molecule has 344 valence electrons. The molecule has 2 saturated carbocycles. The highest BCUT2D eigenvalue weighted by Gasteiger charge is 2.50. The molecule has 3 amide bonds. The van der Waals surface area contributed by atoms with Gasteiger partial charge in [0.15, 0.2) is 5.13 Å². The van der Waals surface area contributed by atoms with E-state index < -0.39 is 53.0 Å². The molecular formula is C45H62ClN7O9S. The van der Waals surface area contributed by atoms with Crippen LogP contribution < -0.4 is 25.4 Å². The highest BCUT2D eigenvalue weighted by atomic mass is 35.5. The number of amides is 3. The van der Waals surface area contributed by atoms with Crippen molar-refractivity contribution < 1.29 is 43.2 Å². The number of carboxylic acid groups (broad SMARTS) is 1. The van der Waals surface area contributed by atoms with E-state index in [2.05, 4.69) is 20.9 Å². The van der Waals surface area contributed by atoms with Gasteiger partial charge in [0.2, 0.25) is 11.8 Å². The Morgan fingerprint density at radius 1 is 1.00 bits per heavy atom. The number of aliphatic carboxylic acids is 1. The molecule has 4 N–H and O–H groups in total. The minimum absolute atomic E-state index is 0.0281. The lowest BCUT2D eigenvalue weighted by molar-refractivity contribution is -0.149. The van der Waals surface area contributed by atoms with Crippen LogP contribution in [-0.4, -0.2) is 131 Å². The van der Waals surface area contributed by atoms with Crippen molar-refractivity contribution in [1.82, 2.24) is 30.4 Å². The van der Waals surface area contributed by atoms with Gasteiger partial charge < -0.3 is 44.9 Å². The summed E-state index contributed by atoms with van der Waals surface area (Å²) in [4.78, 5) is 68.4. The minimum Gasteiger partial charge on any atom is -0.491 e. The molecule has 16 nitrogen and oxygen atoms in total. The summed E-state index contributed by atoms with van der Waals surface area (Å²) in [5.41, 5.74) is -0.873. The molecule has 0 spiro atoms. The summed E-state index contributed by atoms with van der Waals surface area (Å²) >= 11 is 8.54. The number of alkyl carbamates (subject to hydrolysis) is 1. The summed E-state index contributed by atoms with van der Waals surface area (Å²) in [6.45, 7) is 16.9. The second kappa shape index (κ2) is 19.3. The molecule has 1 unspecified atom stereocenters. The van der Waals surface area contributed by atoms with Gasteiger partial charge in [-0.05, 0) is 75.8 Å². The van der Waals surface area contributed by atoms with Gasteiger partial charge in [-0.2, -0.15) is 0 Å². The predicted molar refractivity (Wildman–Crippen MR) is 240 cm³/mol. The molecule has 7 rings (SSSR count). The molecule has 18 heteroatoms. The molecule has 2 saturated heterocycles. The molecular weight excluding hydrogens is 850 g/mol. The maximum atomic E-state index is 14.8. The lowest BCUT2D eigenvalue weighted by atomic mass is 9.85. The summed E-state index contributed by atoms with van der Waals surface area (Å²) in [5.74, 6) is -0.287. The van der Waals surface area contributed by atoms with Crippen LogP contribution >= 0.6 is 22.9 Å².